The first-order valence-corrected chi connectivity index (χ1v) is 7.15. The van der Waals surface area contributed by atoms with Gasteiger partial charge < -0.3 is 14.8 Å². The number of nitrogens with zero attached hydrogens (tertiary/aromatic N) is 1. The number of thiazole rings is 1. The first kappa shape index (κ1) is 15.7. The second-order valence-corrected chi connectivity index (χ2v) is 5.23. The molecule has 0 radical (unpaired) electrons. The van der Waals surface area contributed by atoms with E-state index in [4.69, 9.17) is 4.74 Å². The van der Waals surface area contributed by atoms with E-state index < -0.39 is 6.61 Å². The number of halogens is 2. The summed E-state index contributed by atoms with van der Waals surface area (Å²) in [6.45, 7) is -0.990. The third kappa shape index (κ3) is 3.68. The summed E-state index contributed by atoms with van der Waals surface area (Å²) in [5.74, 6) is 0.280. The van der Waals surface area contributed by atoms with Crippen LogP contribution in [0.25, 0.3) is 0 Å². The van der Waals surface area contributed by atoms with Crippen molar-refractivity contribution in [2.75, 3.05) is 14.2 Å². The van der Waals surface area contributed by atoms with Gasteiger partial charge in [-0.15, -0.1) is 11.3 Å². The van der Waals surface area contributed by atoms with Crippen LogP contribution in [0.3, 0.4) is 0 Å². The summed E-state index contributed by atoms with van der Waals surface area (Å²) in [6, 6.07) is 4.77. The molecule has 2 rings (SSSR count). The molecule has 1 aromatic heterocycles. The predicted molar refractivity (Wildman–Crippen MR) is 77.4 cm³/mol. The minimum atomic E-state index is -2.90. The zero-order valence-corrected chi connectivity index (χ0v) is 12.7. The Bertz CT molecular complexity index is 604. The van der Waals surface area contributed by atoms with Crippen molar-refractivity contribution in [1.82, 2.24) is 10.3 Å². The lowest BCUT2D eigenvalue weighted by Crippen LogP contribution is -2.17. The van der Waals surface area contributed by atoms with Gasteiger partial charge in [-0.25, -0.2) is 4.98 Å². The highest BCUT2D eigenvalue weighted by atomic mass is 32.1. The molecular weight excluding hydrogens is 298 g/mol. The number of benzene rings is 1. The minimum absolute atomic E-state index is 0.0125. The summed E-state index contributed by atoms with van der Waals surface area (Å²) < 4.78 is 34.5. The first-order chi connectivity index (χ1) is 10.0. The van der Waals surface area contributed by atoms with Crippen molar-refractivity contribution < 1.29 is 18.3 Å². The van der Waals surface area contributed by atoms with Crippen LogP contribution in [0.5, 0.6) is 11.5 Å². The maximum Gasteiger partial charge on any atom is 0.387 e. The fraction of sp³-hybridized carbons (Fsp3) is 0.357. The molecule has 1 atom stereocenters. The molecule has 0 fully saturated rings. The molecule has 1 N–H and O–H groups in total. The van der Waals surface area contributed by atoms with Gasteiger partial charge in [-0.1, -0.05) is 6.07 Å². The van der Waals surface area contributed by atoms with Crippen molar-refractivity contribution >= 4 is 11.3 Å². The van der Waals surface area contributed by atoms with Crippen LogP contribution in [-0.2, 0) is 0 Å². The van der Waals surface area contributed by atoms with Crippen LogP contribution in [0.4, 0.5) is 8.78 Å². The molecule has 1 heterocycles. The highest BCUT2D eigenvalue weighted by Crippen LogP contribution is 2.34. The van der Waals surface area contributed by atoms with E-state index in [-0.39, 0.29) is 17.5 Å². The van der Waals surface area contributed by atoms with Crippen LogP contribution in [0, 0.1) is 6.92 Å². The second-order valence-electron chi connectivity index (χ2n) is 4.34. The van der Waals surface area contributed by atoms with E-state index in [0.29, 0.717) is 0 Å². The Morgan fingerprint density at radius 1 is 1.29 bits per heavy atom. The Balaban J connectivity index is 2.37. The van der Waals surface area contributed by atoms with E-state index in [1.165, 1.54) is 18.4 Å². The largest absolute Gasteiger partial charge is 0.493 e. The molecule has 0 amide bonds. The van der Waals surface area contributed by atoms with Gasteiger partial charge in [0.05, 0.1) is 13.2 Å². The van der Waals surface area contributed by atoms with E-state index >= 15 is 0 Å². The molecule has 0 saturated heterocycles. The Morgan fingerprint density at radius 3 is 2.57 bits per heavy atom. The number of alkyl halides is 2. The molecule has 0 aliphatic heterocycles. The summed E-state index contributed by atoms with van der Waals surface area (Å²) in [7, 11) is 3.20. The van der Waals surface area contributed by atoms with Crippen LogP contribution in [0.2, 0.25) is 0 Å². The van der Waals surface area contributed by atoms with Gasteiger partial charge in [0.1, 0.15) is 5.01 Å². The molecule has 0 spiro atoms. The summed E-state index contributed by atoms with van der Waals surface area (Å²) >= 11 is 1.51. The molecule has 7 heteroatoms. The molecule has 2 aromatic rings. The van der Waals surface area contributed by atoms with Gasteiger partial charge in [0.2, 0.25) is 0 Å². The highest BCUT2D eigenvalue weighted by molar-refractivity contribution is 7.09. The third-order valence-electron chi connectivity index (χ3n) is 2.91. The van der Waals surface area contributed by atoms with E-state index in [1.807, 2.05) is 12.3 Å². The van der Waals surface area contributed by atoms with E-state index in [2.05, 4.69) is 15.0 Å². The van der Waals surface area contributed by atoms with Gasteiger partial charge in [0.15, 0.2) is 11.5 Å². The van der Waals surface area contributed by atoms with Gasteiger partial charge in [0.25, 0.3) is 0 Å². The standard InChI is InChI=1S/C14H16F2N2O2S/c1-8-7-21-13(18-8)12(17-2)9-4-5-10(19-3)11(6-9)20-14(15)16/h4-7,12,14,17H,1-3H3. The summed E-state index contributed by atoms with van der Waals surface area (Å²) in [5, 5.41) is 5.94. The molecular formula is C14H16F2N2O2S. The van der Waals surface area contributed by atoms with Crippen molar-refractivity contribution in [3.8, 4) is 11.5 Å². The lowest BCUT2D eigenvalue weighted by atomic mass is 10.1. The number of ether oxygens (including phenoxy) is 2. The van der Waals surface area contributed by atoms with Crippen molar-refractivity contribution in [3.05, 3.63) is 39.8 Å². The Labute approximate surface area is 125 Å². The van der Waals surface area contributed by atoms with Gasteiger partial charge in [-0.05, 0) is 31.7 Å². The smallest absolute Gasteiger partial charge is 0.387 e. The molecule has 0 saturated carbocycles. The van der Waals surface area contributed by atoms with Crippen LogP contribution in [-0.4, -0.2) is 25.8 Å². The lowest BCUT2D eigenvalue weighted by molar-refractivity contribution is -0.0512. The average molecular weight is 314 g/mol. The first-order valence-electron chi connectivity index (χ1n) is 6.27. The number of nitrogens with one attached hydrogen (secondary N) is 1. The molecule has 0 bridgehead atoms. The Kier molecular flexibility index (Phi) is 5.08. The number of methoxy groups -OCH3 is 1. The van der Waals surface area contributed by atoms with Crippen LogP contribution >= 0.6 is 11.3 Å². The maximum absolute atomic E-state index is 12.5. The van der Waals surface area contributed by atoms with Crippen molar-refractivity contribution in [3.63, 3.8) is 0 Å². The Hall–Kier alpha value is -1.73. The topological polar surface area (TPSA) is 43.4 Å². The summed E-state index contributed by atoms with van der Waals surface area (Å²) in [6.07, 6.45) is 0. The lowest BCUT2D eigenvalue weighted by Gasteiger charge is -2.17. The molecule has 0 aliphatic rings. The second kappa shape index (κ2) is 6.82. The van der Waals surface area contributed by atoms with Gasteiger partial charge in [0, 0.05) is 11.1 Å². The van der Waals surface area contributed by atoms with Gasteiger partial charge in [-0.2, -0.15) is 8.78 Å². The molecule has 1 aromatic carbocycles. The van der Waals surface area contributed by atoms with E-state index in [9.17, 15) is 8.78 Å². The van der Waals surface area contributed by atoms with Crippen molar-refractivity contribution in [1.29, 1.82) is 0 Å². The number of aryl methyl sites for hydroxylation is 1. The van der Waals surface area contributed by atoms with Crippen LogP contribution in [0.15, 0.2) is 23.6 Å². The summed E-state index contributed by atoms with van der Waals surface area (Å²) in [4.78, 5) is 4.43. The number of rotatable bonds is 6. The van der Waals surface area contributed by atoms with Crippen molar-refractivity contribution in [2.45, 2.75) is 19.6 Å². The fourth-order valence-corrected chi connectivity index (χ4v) is 2.93. The monoisotopic (exact) mass is 314 g/mol. The molecule has 114 valence electrons. The summed E-state index contributed by atoms with van der Waals surface area (Å²) in [5.41, 5.74) is 1.70. The predicted octanol–water partition coefficient (Wildman–Crippen LogP) is 3.37. The molecule has 1 unspecified atom stereocenters. The number of hydrogen-bond donors (Lipinski definition) is 1. The highest BCUT2D eigenvalue weighted by Gasteiger charge is 2.19. The molecule has 4 nitrogen and oxygen atoms in total. The minimum Gasteiger partial charge on any atom is -0.493 e. The average Bonchev–Trinajstić information content (AvgIpc) is 2.86. The fourth-order valence-electron chi connectivity index (χ4n) is 2.00. The zero-order chi connectivity index (χ0) is 15.4. The molecule has 0 aliphatic carbocycles. The quantitative estimate of drug-likeness (QED) is 0.888. The van der Waals surface area contributed by atoms with Crippen LogP contribution in [0.1, 0.15) is 22.3 Å². The normalized spacial score (nSPS) is 12.5. The van der Waals surface area contributed by atoms with Gasteiger partial charge >= 0.3 is 6.61 Å². The maximum atomic E-state index is 12.5. The van der Waals surface area contributed by atoms with Gasteiger partial charge in [-0.3, -0.25) is 0 Å². The van der Waals surface area contributed by atoms with Crippen LogP contribution < -0.4 is 14.8 Å². The zero-order valence-electron chi connectivity index (χ0n) is 11.9. The Morgan fingerprint density at radius 2 is 2.05 bits per heavy atom. The SMILES string of the molecule is CNC(c1ccc(OC)c(OC(F)F)c1)c1nc(C)cs1. The van der Waals surface area contributed by atoms with E-state index in [0.717, 1.165) is 16.3 Å². The van der Waals surface area contributed by atoms with E-state index in [1.54, 1.807) is 25.2 Å². The molecule has 21 heavy (non-hydrogen) atoms. The third-order valence-corrected chi connectivity index (χ3v) is 3.94. The number of aromatic nitrogens is 1. The number of hydrogen-bond acceptors (Lipinski definition) is 5. The van der Waals surface area contributed by atoms with Crippen molar-refractivity contribution in [2.24, 2.45) is 0 Å².